The summed E-state index contributed by atoms with van der Waals surface area (Å²) < 4.78 is 65.1. The molecule has 2 aromatic rings. The van der Waals surface area contributed by atoms with Crippen molar-refractivity contribution in [3.05, 3.63) is 65.2 Å². The molecular formula is C33H35F5N4O2. The van der Waals surface area contributed by atoms with Crippen molar-refractivity contribution >= 4 is 17.5 Å². The number of fused-ring (bicyclic) bond motifs is 1. The van der Waals surface area contributed by atoms with Gasteiger partial charge in [0, 0.05) is 36.8 Å². The molecule has 4 unspecified atom stereocenters. The first kappa shape index (κ1) is 30.5. The van der Waals surface area contributed by atoms with Gasteiger partial charge in [0.25, 0.3) is 0 Å². The molecule has 3 saturated carbocycles. The number of nitriles is 1. The molecule has 2 N–H and O–H groups in total. The van der Waals surface area contributed by atoms with E-state index in [1.54, 1.807) is 0 Å². The largest absolute Gasteiger partial charge is 0.471 e. The van der Waals surface area contributed by atoms with Gasteiger partial charge in [-0.3, -0.25) is 9.59 Å². The van der Waals surface area contributed by atoms with Gasteiger partial charge in [0.15, 0.2) is 11.6 Å². The van der Waals surface area contributed by atoms with E-state index in [0.29, 0.717) is 43.5 Å². The fourth-order valence-corrected chi connectivity index (χ4v) is 8.22. The zero-order chi connectivity index (χ0) is 31.2. The summed E-state index contributed by atoms with van der Waals surface area (Å²) in [5, 5.41) is 14.2. The molecule has 1 heterocycles. The Kier molecular flexibility index (Phi) is 8.16. The third kappa shape index (κ3) is 6.19. The number of carbonyl (C=O) groups excluding carboxylic acids is 2. The van der Waals surface area contributed by atoms with E-state index < -0.39 is 29.8 Å². The summed E-state index contributed by atoms with van der Waals surface area (Å²) in [5.41, 5.74) is 2.19. The monoisotopic (exact) mass is 614 g/mol. The number of amides is 2. The van der Waals surface area contributed by atoms with Crippen molar-refractivity contribution < 1.29 is 31.5 Å². The van der Waals surface area contributed by atoms with Gasteiger partial charge in [0.1, 0.15) is 0 Å². The maximum Gasteiger partial charge on any atom is 0.471 e. The van der Waals surface area contributed by atoms with E-state index in [-0.39, 0.29) is 34.8 Å². The van der Waals surface area contributed by atoms with Crippen LogP contribution in [0.4, 0.5) is 27.6 Å². The summed E-state index contributed by atoms with van der Waals surface area (Å²) in [5.74, 6) is -3.22. The molecule has 1 saturated heterocycles. The lowest BCUT2D eigenvalue weighted by Crippen LogP contribution is -2.44. The fourth-order valence-electron chi connectivity index (χ4n) is 8.22. The molecule has 1 aliphatic heterocycles. The minimum atomic E-state index is -4.90. The lowest BCUT2D eigenvalue weighted by molar-refractivity contribution is -0.174. The van der Waals surface area contributed by atoms with Crippen LogP contribution in [0, 0.1) is 52.6 Å². The van der Waals surface area contributed by atoms with E-state index >= 15 is 0 Å². The van der Waals surface area contributed by atoms with Crippen molar-refractivity contribution in [1.29, 1.82) is 5.26 Å². The van der Waals surface area contributed by atoms with Gasteiger partial charge in [0.2, 0.25) is 5.91 Å². The van der Waals surface area contributed by atoms with Crippen LogP contribution in [0.2, 0.25) is 0 Å². The van der Waals surface area contributed by atoms with Crippen LogP contribution < -0.4 is 10.6 Å². The van der Waals surface area contributed by atoms with E-state index in [2.05, 4.69) is 22.8 Å². The van der Waals surface area contributed by atoms with Gasteiger partial charge in [-0.05, 0) is 110 Å². The molecule has 3 aliphatic carbocycles. The van der Waals surface area contributed by atoms with Gasteiger partial charge in [-0.1, -0.05) is 12.1 Å². The first-order valence-corrected chi connectivity index (χ1v) is 15.3. The van der Waals surface area contributed by atoms with Crippen molar-refractivity contribution in [2.24, 2.45) is 29.6 Å². The van der Waals surface area contributed by atoms with Crippen molar-refractivity contribution in [2.75, 3.05) is 25.0 Å². The van der Waals surface area contributed by atoms with Crippen LogP contribution in [0.1, 0.15) is 56.1 Å². The Balaban J connectivity index is 1.07. The van der Waals surface area contributed by atoms with Crippen molar-refractivity contribution in [3.63, 3.8) is 0 Å². The maximum absolute atomic E-state index is 13.8. The second-order valence-corrected chi connectivity index (χ2v) is 13.1. The third-order valence-corrected chi connectivity index (χ3v) is 10.5. The van der Waals surface area contributed by atoms with Gasteiger partial charge in [0.05, 0.1) is 11.6 Å². The average Bonchev–Trinajstić information content (AvgIpc) is 3.86. The summed E-state index contributed by atoms with van der Waals surface area (Å²) in [7, 11) is 0. The lowest BCUT2D eigenvalue weighted by Gasteiger charge is -2.29. The fraction of sp³-hybridized carbons (Fsp3) is 0.545. The highest BCUT2D eigenvalue weighted by Gasteiger charge is 2.63. The smallest absolute Gasteiger partial charge is 0.344 e. The summed E-state index contributed by atoms with van der Waals surface area (Å²) in [6.07, 6.45) is 1.12. The van der Waals surface area contributed by atoms with Crippen LogP contribution >= 0.6 is 0 Å². The quantitative estimate of drug-likeness (QED) is 0.343. The maximum atomic E-state index is 13.8. The van der Waals surface area contributed by atoms with Crippen LogP contribution in [0.15, 0.2) is 42.5 Å². The molecule has 6 rings (SSSR count). The summed E-state index contributed by atoms with van der Waals surface area (Å²) in [4.78, 5) is 26.8. The minimum Gasteiger partial charge on any atom is -0.344 e. The molecule has 2 aromatic carbocycles. The standard InChI is InChI=1S/C33H35F5N4O2/c34-26-7-6-23(15-27(26)35)40-30(43)29-25(5-2-11-42-12-9-24(18-42)41-31(44)33(36,37)38)28(29)20-8-10-32(16-22(32)14-20)21-4-1-3-19(13-21)17-39/h1,3-4,6-7,13,15,20,22,24-25,28-29H,2,5,8-12,14,16,18H2,(H,40,43)(H,41,44)/t20-,22?,24?,25+,28?,29?,32-/m1/s1. The van der Waals surface area contributed by atoms with Gasteiger partial charge in [-0.15, -0.1) is 0 Å². The number of carbonyl (C=O) groups is 2. The normalized spacial score (nSPS) is 31.1. The van der Waals surface area contributed by atoms with Crippen molar-refractivity contribution in [1.82, 2.24) is 10.2 Å². The molecular weight excluding hydrogens is 579 g/mol. The number of halogens is 5. The second kappa shape index (κ2) is 11.8. The first-order valence-electron chi connectivity index (χ1n) is 15.3. The number of likely N-dealkylation sites (tertiary alicyclic amines) is 1. The molecule has 44 heavy (non-hydrogen) atoms. The number of alkyl halides is 3. The highest BCUT2D eigenvalue weighted by Crippen LogP contribution is 2.68. The predicted octanol–water partition coefficient (Wildman–Crippen LogP) is 5.93. The van der Waals surface area contributed by atoms with Crippen molar-refractivity contribution in [3.8, 4) is 6.07 Å². The topological polar surface area (TPSA) is 85.2 Å². The van der Waals surface area contributed by atoms with E-state index in [4.69, 9.17) is 0 Å². The van der Waals surface area contributed by atoms with E-state index in [0.717, 1.165) is 50.7 Å². The number of rotatable bonds is 9. The van der Waals surface area contributed by atoms with Crippen LogP contribution in [0.25, 0.3) is 0 Å². The molecule has 0 bridgehead atoms. The Hall–Kier alpha value is -3.52. The number of anilines is 1. The number of hydrogen-bond donors (Lipinski definition) is 2. The van der Waals surface area contributed by atoms with Gasteiger partial charge in [-0.25, -0.2) is 8.78 Å². The Bertz CT molecular complexity index is 1470. The van der Waals surface area contributed by atoms with Crippen LogP contribution in [0.3, 0.4) is 0 Å². The van der Waals surface area contributed by atoms with E-state index in [1.165, 1.54) is 11.6 Å². The summed E-state index contributed by atoms with van der Waals surface area (Å²) in [6, 6.07) is 12.9. The summed E-state index contributed by atoms with van der Waals surface area (Å²) in [6.45, 7) is 1.61. The second-order valence-electron chi connectivity index (χ2n) is 13.1. The van der Waals surface area contributed by atoms with Crippen LogP contribution in [0.5, 0.6) is 0 Å². The summed E-state index contributed by atoms with van der Waals surface area (Å²) >= 11 is 0. The van der Waals surface area contributed by atoms with Crippen LogP contribution in [-0.4, -0.2) is 48.6 Å². The zero-order valence-corrected chi connectivity index (χ0v) is 24.2. The molecule has 0 spiro atoms. The van der Waals surface area contributed by atoms with Gasteiger partial charge in [-0.2, -0.15) is 18.4 Å². The Labute approximate surface area is 253 Å². The highest BCUT2D eigenvalue weighted by atomic mass is 19.4. The lowest BCUT2D eigenvalue weighted by atomic mass is 9.75. The molecule has 6 nitrogen and oxygen atoms in total. The molecule has 4 fully saturated rings. The third-order valence-electron chi connectivity index (χ3n) is 10.5. The number of benzene rings is 2. The Morgan fingerprint density at radius 2 is 1.91 bits per heavy atom. The first-order chi connectivity index (χ1) is 21.0. The van der Waals surface area contributed by atoms with E-state index in [9.17, 15) is 36.8 Å². The molecule has 0 aromatic heterocycles. The molecule has 11 heteroatoms. The SMILES string of the molecule is N#Cc1cccc([C@]23CC[C@@H](C4C(C(=O)Nc5ccc(F)c(F)c5)[C@H]4CCCN4CCC(NC(=O)C(F)(F)F)C4)CC2C3)c1. The minimum absolute atomic E-state index is 0.102. The Morgan fingerprint density at radius 3 is 2.64 bits per heavy atom. The van der Waals surface area contributed by atoms with Gasteiger partial charge < -0.3 is 15.5 Å². The molecule has 0 radical (unpaired) electrons. The highest BCUT2D eigenvalue weighted by molar-refractivity contribution is 5.95. The Morgan fingerprint density at radius 1 is 1.09 bits per heavy atom. The molecule has 7 atom stereocenters. The van der Waals surface area contributed by atoms with E-state index in [1.807, 2.05) is 23.1 Å². The zero-order valence-electron chi connectivity index (χ0n) is 24.2. The number of nitrogens with zero attached hydrogens (tertiary/aromatic N) is 2. The van der Waals surface area contributed by atoms with Gasteiger partial charge >= 0.3 is 12.1 Å². The molecule has 234 valence electrons. The predicted molar refractivity (Wildman–Crippen MR) is 152 cm³/mol. The van der Waals surface area contributed by atoms with Crippen LogP contribution in [-0.2, 0) is 15.0 Å². The van der Waals surface area contributed by atoms with Crippen molar-refractivity contribution in [2.45, 2.75) is 62.6 Å². The number of hydrogen-bond acceptors (Lipinski definition) is 4. The average molecular weight is 615 g/mol. The molecule has 4 aliphatic rings. The molecule has 2 amide bonds. The number of nitrogens with one attached hydrogen (secondary N) is 2.